The number of fused-ring (bicyclic) bond motifs is 1. The van der Waals surface area contributed by atoms with E-state index in [0.717, 1.165) is 5.75 Å². The summed E-state index contributed by atoms with van der Waals surface area (Å²) in [5.74, 6) is 6.77. The second kappa shape index (κ2) is 6.86. The van der Waals surface area contributed by atoms with Crippen LogP contribution in [0.5, 0.6) is 23.0 Å². The van der Waals surface area contributed by atoms with E-state index in [2.05, 4.69) is 9.82 Å². The molecule has 0 aliphatic rings. The zero-order valence-corrected chi connectivity index (χ0v) is 14.2. The van der Waals surface area contributed by atoms with Crippen LogP contribution in [0, 0.1) is 0 Å². The van der Waals surface area contributed by atoms with Gasteiger partial charge in [0.15, 0.2) is 0 Å². The van der Waals surface area contributed by atoms with Gasteiger partial charge in [-0.15, -0.1) is 0 Å². The summed E-state index contributed by atoms with van der Waals surface area (Å²) >= 11 is 0. The van der Waals surface area contributed by atoms with Crippen molar-refractivity contribution in [3.05, 3.63) is 83.2 Å². The van der Waals surface area contributed by atoms with Crippen LogP contribution in [0.25, 0.3) is 22.0 Å². The van der Waals surface area contributed by atoms with E-state index in [1.807, 2.05) is 30.3 Å². The number of para-hydroxylation sites is 1. The minimum Gasteiger partial charge on any atom is -0.506 e. The predicted octanol–water partition coefficient (Wildman–Crippen LogP) is 3.95. The molecular formula is C21H16N2O4. The molecular weight excluding hydrogens is 344 g/mol. The second-order valence-corrected chi connectivity index (χ2v) is 5.94. The molecule has 6 nitrogen and oxygen atoms in total. The number of ether oxygens (including phenoxy) is 1. The fraction of sp³-hybridized carbons (Fsp3) is 0. The van der Waals surface area contributed by atoms with Crippen LogP contribution < -0.4 is 21.0 Å². The molecule has 4 rings (SSSR count). The van der Waals surface area contributed by atoms with E-state index in [4.69, 9.17) is 10.6 Å². The molecule has 0 radical (unpaired) electrons. The maximum atomic E-state index is 12.5. The lowest BCUT2D eigenvalue weighted by Gasteiger charge is -2.10. The Bertz CT molecular complexity index is 1150. The number of benzene rings is 3. The van der Waals surface area contributed by atoms with Crippen molar-refractivity contribution in [2.45, 2.75) is 0 Å². The maximum Gasteiger partial charge on any atom is 0.260 e. The Kier molecular flexibility index (Phi) is 4.24. The molecule has 0 atom stereocenters. The van der Waals surface area contributed by atoms with Gasteiger partial charge in [-0.25, -0.2) is 0 Å². The van der Waals surface area contributed by atoms with Gasteiger partial charge in [-0.1, -0.05) is 30.3 Å². The minimum absolute atomic E-state index is 0.103. The van der Waals surface area contributed by atoms with Crippen LogP contribution in [0.4, 0.5) is 0 Å². The smallest absolute Gasteiger partial charge is 0.260 e. The molecule has 0 bridgehead atoms. The van der Waals surface area contributed by atoms with E-state index in [0.29, 0.717) is 28.0 Å². The summed E-state index contributed by atoms with van der Waals surface area (Å²) < 4.78 is 5.75. The number of hydrogen-bond donors (Lipinski definition) is 3. The molecule has 1 heterocycles. The molecule has 0 saturated carbocycles. The molecule has 3 aromatic carbocycles. The summed E-state index contributed by atoms with van der Waals surface area (Å²) in [6, 6.07) is 21.1. The highest BCUT2D eigenvalue weighted by Crippen LogP contribution is 2.34. The Hall–Kier alpha value is -3.77. The molecule has 4 N–H and O–H groups in total. The van der Waals surface area contributed by atoms with Gasteiger partial charge < -0.3 is 19.7 Å². The average Bonchev–Trinajstić information content (AvgIpc) is 2.69. The van der Waals surface area contributed by atoms with Crippen molar-refractivity contribution >= 4 is 10.9 Å². The molecule has 0 amide bonds. The molecule has 1 aromatic heterocycles. The van der Waals surface area contributed by atoms with Gasteiger partial charge >= 0.3 is 0 Å². The highest BCUT2D eigenvalue weighted by atomic mass is 16.6. The van der Waals surface area contributed by atoms with Crippen LogP contribution in [-0.4, -0.2) is 10.1 Å². The molecule has 0 aliphatic heterocycles. The van der Waals surface area contributed by atoms with E-state index in [1.165, 1.54) is 0 Å². The number of aromatic nitrogens is 1. The number of H-pyrrole nitrogens is 1. The summed E-state index contributed by atoms with van der Waals surface area (Å²) in [4.78, 5) is 19.9. The molecule has 134 valence electrons. The third-order valence-corrected chi connectivity index (χ3v) is 4.22. The van der Waals surface area contributed by atoms with E-state index < -0.39 is 5.56 Å². The van der Waals surface area contributed by atoms with Crippen molar-refractivity contribution in [1.82, 2.24) is 4.98 Å². The van der Waals surface area contributed by atoms with Gasteiger partial charge in [0, 0.05) is 11.5 Å². The Labute approximate surface area is 154 Å². The quantitative estimate of drug-likeness (QED) is 0.479. The zero-order chi connectivity index (χ0) is 18.8. The maximum absolute atomic E-state index is 12.5. The average molecular weight is 360 g/mol. The molecule has 0 aliphatic carbocycles. The number of aromatic amines is 1. The fourth-order valence-electron chi connectivity index (χ4n) is 2.92. The van der Waals surface area contributed by atoms with Crippen molar-refractivity contribution in [2.75, 3.05) is 0 Å². The number of rotatable bonds is 4. The molecule has 0 saturated heterocycles. The van der Waals surface area contributed by atoms with Gasteiger partial charge in [0.25, 0.3) is 5.56 Å². The monoisotopic (exact) mass is 360 g/mol. The van der Waals surface area contributed by atoms with Crippen molar-refractivity contribution in [3.8, 4) is 34.1 Å². The van der Waals surface area contributed by atoms with E-state index in [-0.39, 0.29) is 11.3 Å². The van der Waals surface area contributed by atoms with Crippen molar-refractivity contribution in [1.29, 1.82) is 0 Å². The first-order valence-electron chi connectivity index (χ1n) is 8.25. The summed E-state index contributed by atoms with van der Waals surface area (Å²) in [6.45, 7) is 0. The highest BCUT2D eigenvalue weighted by Gasteiger charge is 2.14. The van der Waals surface area contributed by atoms with E-state index in [1.54, 1.807) is 42.5 Å². The molecule has 0 unspecified atom stereocenters. The third kappa shape index (κ3) is 3.21. The van der Waals surface area contributed by atoms with Crippen molar-refractivity contribution < 1.29 is 14.7 Å². The minimum atomic E-state index is -0.411. The Balaban J connectivity index is 1.72. The van der Waals surface area contributed by atoms with E-state index >= 15 is 0 Å². The topological polar surface area (TPSA) is 97.6 Å². The van der Waals surface area contributed by atoms with E-state index in [9.17, 15) is 9.90 Å². The second-order valence-electron chi connectivity index (χ2n) is 5.94. The fourth-order valence-corrected chi connectivity index (χ4v) is 2.92. The van der Waals surface area contributed by atoms with Crippen LogP contribution in [-0.2, 0) is 0 Å². The summed E-state index contributed by atoms with van der Waals surface area (Å²) in [5, 5.41) is 11.1. The van der Waals surface area contributed by atoms with Crippen molar-refractivity contribution in [2.24, 2.45) is 5.90 Å². The Morgan fingerprint density at radius 3 is 2.22 bits per heavy atom. The number of nitrogens with two attached hydrogens (primary N) is 1. The molecule has 27 heavy (non-hydrogen) atoms. The highest BCUT2D eigenvalue weighted by molar-refractivity contribution is 5.92. The summed E-state index contributed by atoms with van der Waals surface area (Å²) in [6.07, 6.45) is 0. The van der Waals surface area contributed by atoms with Crippen LogP contribution in [0.1, 0.15) is 0 Å². The van der Waals surface area contributed by atoms with Gasteiger partial charge in [-0.2, -0.15) is 5.90 Å². The van der Waals surface area contributed by atoms with Crippen LogP contribution in [0.15, 0.2) is 77.6 Å². The first-order chi connectivity index (χ1) is 13.2. The number of hydrogen-bond acceptors (Lipinski definition) is 5. The molecule has 0 spiro atoms. The standard InChI is InChI=1S/C21H16N2O4/c22-27-16-10-11-17-18(12-16)23-21(25)19(20(17)24)13-6-8-15(9-7-13)26-14-4-2-1-3-5-14/h1-12H,22H2,(H2,23,24,25). The SMILES string of the molecule is NOc1ccc2c(O)c(-c3ccc(Oc4ccccc4)cc3)c(=O)[nH]c2c1. The van der Waals surface area contributed by atoms with Gasteiger partial charge in [0.2, 0.25) is 0 Å². The van der Waals surface area contributed by atoms with Crippen LogP contribution in [0.3, 0.4) is 0 Å². The van der Waals surface area contributed by atoms with Crippen LogP contribution in [0.2, 0.25) is 0 Å². The largest absolute Gasteiger partial charge is 0.506 e. The summed E-state index contributed by atoms with van der Waals surface area (Å²) in [5.41, 5.74) is 0.796. The molecule has 0 fully saturated rings. The number of nitrogens with one attached hydrogen (secondary N) is 1. The molecule has 4 aromatic rings. The van der Waals surface area contributed by atoms with Gasteiger partial charge in [0.05, 0.1) is 11.1 Å². The third-order valence-electron chi connectivity index (χ3n) is 4.22. The first kappa shape index (κ1) is 16.7. The number of pyridine rings is 1. The first-order valence-corrected chi connectivity index (χ1v) is 8.25. The number of aromatic hydroxyl groups is 1. The Morgan fingerprint density at radius 1 is 0.852 bits per heavy atom. The zero-order valence-electron chi connectivity index (χ0n) is 14.2. The summed E-state index contributed by atoms with van der Waals surface area (Å²) in [7, 11) is 0. The lowest BCUT2D eigenvalue weighted by molar-refractivity contribution is 0.335. The normalized spacial score (nSPS) is 10.7. The lowest BCUT2D eigenvalue weighted by Crippen LogP contribution is -2.10. The lowest BCUT2D eigenvalue weighted by atomic mass is 10.0. The van der Waals surface area contributed by atoms with Gasteiger partial charge in [-0.3, -0.25) is 4.79 Å². The Morgan fingerprint density at radius 2 is 1.52 bits per heavy atom. The van der Waals surface area contributed by atoms with Gasteiger partial charge in [-0.05, 0) is 42.0 Å². The van der Waals surface area contributed by atoms with Crippen LogP contribution >= 0.6 is 0 Å². The predicted molar refractivity (Wildman–Crippen MR) is 103 cm³/mol. The van der Waals surface area contributed by atoms with Crippen molar-refractivity contribution in [3.63, 3.8) is 0 Å². The van der Waals surface area contributed by atoms with Gasteiger partial charge in [0.1, 0.15) is 23.0 Å². The molecule has 6 heteroatoms.